The number of amides is 1. The molecule has 4 nitrogen and oxygen atoms in total. The maximum atomic E-state index is 13.4. The zero-order valence-corrected chi connectivity index (χ0v) is 20.8. The Morgan fingerprint density at radius 1 is 0.971 bits per heavy atom. The summed E-state index contributed by atoms with van der Waals surface area (Å²) in [5.41, 5.74) is 5.85. The van der Waals surface area contributed by atoms with E-state index in [1.165, 1.54) is 16.7 Å². The molecule has 1 unspecified atom stereocenters. The lowest BCUT2D eigenvalue weighted by atomic mass is 9.90. The molecule has 35 heavy (non-hydrogen) atoms. The van der Waals surface area contributed by atoms with E-state index in [-0.39, 0.29) is 11.7 Å². The van der Waals surface area contributed by atoms with E-state index >= 15 is 0 Å². The first-order valence-electron chi connectivity index (χ1n) is 12.7. The summed E-state index contributed by atoms with van der Waals surface area (Å²) in [7, 11) is 0. The van der Waals surface area contributed by atoms with Crippen LogP contribution in [0.15, 0.2) is 72.8 Å². The average molecular weight is 474 g/mol. The van der Waals surface area contributed by atoms with Crippen LogP contribution in [0.1, 0.15) is 46.5 Å². The molecule has 1 aliphatic rings. The number of hydrogen-bond acceptors (Lipinski definition) is 3. The Kier molecular flexibility index (Phi) is 8.67. The Morgan fingerprint density at radius 3 is 2.46 bits per heavy atom. The summed E-state index contributed by atoms with van der Waals surface area (Å²) in [6, 6.07) is 23.9. The van der Waals surface area contributed by atoms with Crippen LogP contribution in [0.5, 0.6) is 0 Å². The number of carbonyl (C=O) groups is 1. The van der Waals surface area contributed by atoms with Crippen molar-refractivity contribution in [2.24, 2.45) is 0 Å². The van der Waals surface area contributed by atoms with E-state index in [9.17, 15) is 9.18 Å². The van der Waals surface area contributed by atoms with Crippen molar-refractivity contribution in [2.45, 2.75) is 45.8 Å². The van der Waals surface area contributed by atoms with Gasteiger partial charge in [0, 0.05) is 50.9 Å². The summed E-state index contributed by atoms with van der Waals surface area (Å²) in [4.78, 5) is 17.1. The quantitative estimate of drug-likeness (QED) is 0.418. The van der Waals surface area contributed by atoms with Gasteiger partial charge in [-0.25, -0.2) is 4.39 Å². The van der Waals surface area contributed by atoms with Gasteiger partial charge >= 0.3 is 0 Å². The standard InChI is InChI=1S/C30H36FN3O/c1-3-33(4-2)30(35)26-11-7-8-24(18-26)21-32-16-17-34-22-27-10-6-5-9-25(27)20-29(34)19-23-12-14-28(31)15-13-23/h5-15,18,29,32H,3-4,16-17,19-22H2,1-2H3. The first-order valence-corrected chi connectivity index (χ1v) is 12.7. The maximum absolute atomic E-state index is 13.4. The summed E-state index contributed by atoms with van der Waals surface area (Å²) >= 11 is 0. The second-order valence-corrected chi connectivity index (χ2v) is 9.28. The molecule has 1 atom stereocenters. The summed E-state index contributed by atoms with van der Waals surface area (Å²) < 4.78 is 13.4. The highest BCUT2D eigenvalue weighted by Crippen LogP contribution is 2.25. The average Bonchev–Trinajstić information content (AvgIpc) is 2.89. The van der Waals surface area contributed by atoms with Gasteiger partial charge in [0.25, 0.3) is 5.91 Å². The van der Waals surface area contributed by atoms with Crippen molar-refractivity contribution in [1.29, 1.82) is 0 Å². The van der Waals surface area contributed by atoms with Gasteiger partial charge in [0.1, 0.15) is 5.82 Å². The molecule has 0 radical (unpaired) electrons. The molecule has 0 aliphatic carbocycles. The van der Waals surface area contributed by atoms with Crippen LogP contribution in [0.3, 0.4) is 0 Å². The molecule has 0 spiro atoms. The maximum Gasteiger partial charge on any atom is 0.253 e. The molecule has 3 aromatic rings. The van der Waals surface area contributed by atoms with Crippen molar-refractivity contribution in [3.63, 3.8) is 0 Å². The normalized spacial score (nSPS) is 15.6. The van der Waals surface area contributed by atoms with Gasteiger partial charge in [-0.3, -0.25) is 9.69 Å². The SMILES string of the molecule is CCN(CC)C(=O)c1cccc(CNCCN2Cc3ccccc3CC2Cc2ccc(F)cc2)c1. The van der Waals surface area contributed by atoms with Crippen molar-refractivity contribution in [3.8, 4) is 0 Å². The van der Waals surface area contributed by atoms with E-state index in [1.54, 1.807) is 12.1 Å². The van der Waals surface area contributed by atoms with Gasteiger partial charge in [0.05, 0.1) is 0 Å². The van der Waals surface area contributed by atoms with Crippen molar-refractivity contribution in [2.75, 3.05) is 26.2 Å². The number of carbonyl (C=O) groups excluding carboxylic acids is 1. The Balaban J connectivity index is 1.36. The molecule has 0 aromatic heterocycles. The van der Waals surface area contributed by atoms with Gasteiger partial charge < -0.3 is 10.2 Å². The molecule has 1 N–H and O–H groups in total. The van der Waals surface area contributed by atoms with Crippen molar-refractivity contribution in [1.82, 2.24) is 15.1 Å². The summed E-state index contributed by atoms with van der Waals surface area (Å²) in [5.74, 6) is -0.0980. The second kappa shape index (κ2) is 12.1. The van der Waals surface area contributed by atoms with Crippen LogP contribution in [0.4, 0.5) is 4.39 Å². The van der Waals surface area contributed by atoms with E-state index in [1.807, 2.05) is 49.1 Å². The van der Waals surface area contributed by atoms with E-state index < -0.39 is 0 Å². The van der Waals surface area contributed by atoms with Gasteiger partial charge in [-0.1, -0.05) is 48.5 Å². The van der Waals surface area contributed by atoms with Gasteiger partial charge in [-0.15, -0.1) is 0 Å². The molecule has 0 bridgehead atoms. The third-order valence-corrected chi connectivity index (χ3v) is 6.98. The Hall–Kier alpha value is -3.02. The zero-order chi connectivity index (χ0) is 24.6. The topological polar surface area (TPSA) is 35.6 Å². The predicted molar refractivity (Wildman–Crippen MR) is 140 cm³/mol. The molecule has 1 heterocycles. The highest BCUT2D eigenvalue weighted by molar-refractivity contribution is 5.94. The first kappa shape index (κ1) is 25.1. The van der Waals surface area contributed by atoms with E-state index in [2.05, 4.69) is 40.5 Å². The minimum Gasteiger partial charge on any atom is -0.339 e. The molecule has 1 aliphatic heterocycles. The molecule has 4 rings (SSSR count). The van der Waals surface area contributed by atoms with E-state index in [0.29, 0.717) is 6.04 Å². The first-order chi connectivity index (χ1) is 17.1. The zero-order valence-electron chi connectivity index (χ0n) is 20.8. The number of rotatable bonds is 10. The van der Waals surface area contributed by atoms with E-state index in [4.69, 9.17) is 0 Å². The number of nitrogens with zero attached hydrogens (tertiary/aromatic N) is 2. The molecule has 184 valence electrons. The number of benzene rings is 3. The number of nitrogens with one attached hydrogen (secondary N) is 1. The van der Waals surface area contributed by atoms with Crippen molar-refractivity contribution >= 4 is 5.91 Å². The lowest BCUT2D eigenvalue weighted by Crippen LogP contribution is -2.44. The van der Waals surface area contributed by atoms with Crippen LogP contribution in [0.25, 0.3) is 0 Å². The third kappa shape index (κ3) is 6.56. The van der Waals surface area contributed by atoms with Gasteiger partial charge in [0.15, 0.2) is 0 Å². The highest BCUT2D eigenvalue weighted by Gasteiger charge is 2.25. The number of hydrogen-bond donors (Lipinski definition) is 1. The molecule has 1 amide bonds. The van der Waals surface area contributed by atoms with Crippen LogP contribution in [0, 0.1) is 5.82 Å². The fourth-order valence-electron chi connectivity index (χ4n) is 4.96. The summed E-state index contributed by atoms with van der Waals surface area (Å²) in [6.07, 6.45) is 1.91. The van der Waals surface area contributed by atoms with Crippen LogP contribution in [-0.2, 0) is 25.9 Å². The minimum atomic E-state index is -0.188. The lowest BCUT2D eigenvalue weighted by molar-refractivity contribution is 0.0773. The van der Waals surface area contributed by atoms with Crippen LogP contribution in [0.2, 0.25) is 0 Å². The number of fused-ring (bicyclic) bond motifs is 1. The molecular weight excluding hydrogens is 437 g/mol. The minimum absolute atomic E-state index is 0.0902. The fraction of sp³-hybridized carbons (Fsp3) is 0.367. The molecular formula is C30H36FN3O. The van der Waals surface area contributed by atoms with Gasteiger partial charge in [-0.05, 0) is 73.2 Å². The fourth-order valence-corrected chi connectivity index (χ4v) is 4.96. The predicted octanol–water partition coefficient (Wildman–Crippen LogP) is 5.07. The smallest absolute Gasteiger partial charge is 0.253 e. The van der Waals surface area contributed by atoms with Crippen molar-refractivity contribution in [3.05, 3.63) is 106 Å². The molecule has 5 heteroatoms. The van der Waals surface area contributed by atoms with Crippen molar-refractivity contribution < 1.29 is 9.18 Å². The molecule has 0 fully saturated rings. The monoisotopic (exact) mass is 473 g/mol. The lowest BCUT2D eigenvalue weighted by Gasteiger charge is -2.37. The second-order valence-electron chi connectivity index (χ2n) is 9.28. The van der Waals surface area contributed by atoms with E-state index in [0.717, 1.165) is 63.2 Å². The molecule has 3 aromatic carbocycles. The largest absolute Gasteiger partial charge is 0.339 e. The highest BCUT2D eigenvalue weighted by atomic mass is 19.1. The molecule has 0 saturated heterocycles. The third-order valence-electron chi connectivity index (χ3n) is 6.98. The summed E-state index contributed by atoms with van der Waals surface area (Å²) in [6.45, 7) is 8.90. The summed E-state index contributed by atoms with van der Waals surface area (Å²) in [5, 5.41) is 3.57. The van der Waals surface area contributed by atoms with Crippen LogP contribution < -0.4 is 5.32 Å². The van der Waals surface area contributed by atoms with Gasteiger partial charge in [-0.2, -0.15) is 0 Å². The Bertz CT molecular complexity index is 1110. The van der Waals surface area contributed by atoms with Crippen LogP contribution in [-0.4, -0.2) is 47.9 Å². The molecule has 0 saturated carbocycles. The van der Waals surface area contributed by atoms with Crippen LogP contribution >= 0.6 is 0 Å². The van der Waals surface area contributed by atoms with Gasteiger partial charge in [0.2, 0.25) is 0 Å². The Labute approximate surface area is 208 Å². The number of halogens is 1. The Morgan fingerprint density at radius 2 is 1.71 bits per heavy atom.